The van der Waals surface area contributed by atoms with Crippen LogP contribution in [0, 0.1) is 13.8 Å². The van der Waals surface area contributed by atoms with Gasteiger partial charge in [0, 0.05) is 11.6 Å². The van der Waals surface area contributed by atoms with Crippen LogP contribution in [0.4, 0.5) is 5.82 Å². The normalized spacial score (nSPS) is 11.4. The van der Waals surface area contributed by atoms with Crippen LogP contribution in [0.2, 0.25) is 0 Å². The standard InChI is InChI=1S/C17H16N2O3S/c1-12-8-9-15(10-13(12)2)23(20,21)19-17-11-16(22-18-17)14-6-4-3-5-7-14/h3-11H,1-2H3,(H,18,19). The molecular formula is C17H16N2O3S. The lowest BCUT2D eigenvalue weighted by Gasteiger charge is -2.07. The van der Waals surface area contributed by atoms with E-state index in [0.717, 1.165) is 16.7 Å². The van der Waals surface area contributed by atoms with Crippen molar-refractivity contribution in [2.24, 2.45) is 0 Å². The van der Waals surface area contributed by atoms with Crippen molar-refractivity contribution in [1.29, 1.82) is 0 Å². The largest absolute Gasteiger partial charge is 0.354 e. The second kappa shape index (κ2) is 5.89. The van der Waals surface area contributed by atoms with Crippen LogP contribution in [0.15, 0.2) is 64.0 Å². The summed E-state index contributed by atoms with van der Waals surface area (Å²) in [7, 11) is -3.69. The lowest BCUT2D eigenvalue weighted by Crippen LogP contribution is -2.13. The molecule has 2 aromatic carbocycles. The molecule has 118 valence electrons. The molecule has 0 saturated heterocycles. The van der Waals surface area contributed by atoms with E-state index in [1.54, 1.807) is 24.3 Å². The quantitative estimate of drug-likeness (QED) is 0.791. The van der Waals surface area contributed by atoms with Gasteiger partial charge >= 0.3 is 0 Å². The van der Waals surface area contributed by atoms with Gasteiger partial charge in [0.05, 0.1) is 4.90 Å². The zero-order valence-corrected chi connectivity index (χ0v) is 13.6. The average Bonchev–Trinajstić information content (AvgIpc) is 2.98. The first-order valence-electron chi connectivity index (χ1n) is 7.08. The van der Waals surface area contributed by atoms with Gasteiger partial charge in [-0.25, -0.2) is 8.42 Å². The fraction of sp³-hybridized carbons (Fsp3) is 0.118. The van der Waals surface area contributed by atoms with E-state index in [-0.39, 0.29) is 10.7 Å². The van der Waals surface area contributed by atoms with Crippen molar-refractivity contribution in [2.45, 2.75) is 18.7 Å². The number of sulfonamides is 1. The Labute approximate surface area is 135 Å². The number of nitrogens with zero attached hydrogens (tertiary/aromatic N) is 1. The highest BCUT2D eigenvalue weighted by molar-refractivity contribution is 7.92. The van der Waals surface area contributed by atoms with Crippen molar-refractivity contribution >= 4 is 15.8 Å². The van der Waals surface area contributed by atoms with Gasteiger partial charge in [0.25, 0.3) is 10.0 Å². The maximum absolute atomic E-state index is 12.4. The number of aryl methyl sites for hydroxylation is 2. The van der Waals surface area contributed by atoms with Crippen molar-refractivity contribution in [2.75, 3.05) is 4.72 Å². The van der Waals surface area contributed by atoms with Crippen LogP contribution in [-0.2, 0) is 10.0 Å². The molecule has 0 aliphatic carbocycles. The third-order valence-corrected chi connectivity index (χ3v) is 4.95. The van der Waals surface area contributed by atoms with Crippen LogP contribution in [0.5, 0.6) is 0 Å². The molecule has 0 fully saturated rings. The third kappa shape index (κ3) is 3.27. The van der Waals surface area contributed by atoms with E-state index in [1.165, 1.54) is 0 Å². The molecule has 5 nitrogen and oxygen atoms in total. The highest BCUT2D eigenvalue weighted by Gasteiger charge is 2.17. The molecular weight excluding hydrogens is 312 g/mol. The van der Waals surface area contributed by atoms with Crippen LogP contribution < -0.4 is 4.72 Å². The lowest BCUT2D eigenvalue weighted by molar-refractivity contribution is 0.435. The fourth-order valence-corrected chi connectivity index (χ4v) is 3.21. The van der Waals surface area contributed by atoms with E-state index in [9.17, 15) is 8.42 Å². The summed E-state index contributed by atoms with van der Waals surface area (Å²) in [6.45, 7) is 3.81. The molecule has 0 amide bonds. The van der Waals surface area contributed by atoms with Gasteiger partial charge in [-0.3, -0.25) is 4.72 Å². The number of rotatable bonds is 4. The van der Waals surface area contributed by atoms with Crippen LogP contribution in [0.25, 0.3) is 11.3 Å². The van der Waals surface area contributed by atoms with Crippen LogP contribution >= 0.6 is 0 Å². The van der Waals surface area contributed by atoms with Gasteiger partial charge in [0.2, 0.25) is 0 Å². The first-order chi connectivity index (χ1) is 11.0. The minimum Gasteiger partial charge on any atom is -0.354 e. The van der Waals surface area contributed by atoms with Crippen molar-refractivity contribution in [3.8, 4) is 11.3 Å². The van der Waals surface area contributed by atoms with Crippen LogP contribution in [0.1, 0.15) is 11.1 Å². The highest BCUT2D eigenvalue weighted by Crippen LogP contribution is 2.24. The zero-order valence-electron chi connectivity index (χ0n) is 12.8. The molecule has 0 aliphatic heterocycles. The molecule has 23 heavy (non-hydrogen) atoms. The molecule has 1 N–H and O–H groups in total. The Kier molecular flexibility index (Phi) is 3.92. The molecule has 0 saturated carbocycles. The molecule has 1 heterocycles. The van der Waals surface area contributed by atoms with Gasteiger partial charge < -0.3 is 4.52 Å². The van der Waals surface area contributed by atoms with Gasteiger partial charge in [-0.15, -0.1) is 0 Å². The molecule has 3 aromatic rings. The van der Waals surface area contributed by atoms with E-state index < -0.39 is 10.0 Å². The topological polar surface area (TPSA) is 72.2 Å². The molecule has 6 heteroatoms. The SMILES string of the molecule is Cc1ccc(S(=O)(=O)Nc2cc(-c3ccccc3)on2)cc1C. The van der Waals surface area contributed by atoms with Gasteiger partial charge in [0.15, 0.2) is 11.6 Å². The van der Waals surface area contributed by atoms with Crippen molar-refractivity contribution in [1.82, 2.24) is 5.16 Å². The van der Waals surface area contributed by atoms with Gasteiger partial charge in [-0.05, 0) is 37.1 Å². The fourth-order valence-electron chi connectivity index (χ4n) is 2.14. The highest BCUT2D eigenvalue weighted by atomic mass is 32.2. The maximum atomic E-state index is 12.4. The second-order valence-corrected chi connectivity index (χ2v) is 6.98. The van der Waals surface area contributed by atoms with Crippen molar-refractivity contribution < 1.29 is 12.9 Å². The summed E-state index contributed by atoms with van der Waals surface area (Å²) in [6.07, 6.45) is 0. The summed E-state index contributed by atoms with van der Waals surface area (Å²) < 4.78 is 32.5. The molecule has 0 spiro atoms. The van der Waals surface area contributed by atoms with Gasteiger partial charge in [0.1, 0.15) is 0 Å². The smallest absolute Gasteiger partial charge is 0.263 e. The monoisotopic (exact) mass is 328 g/mol. The van der Waals surface area contributed by atoms with E-state index in [4.69, 9.17) is 4.52 Å². The average molecular weight is 328 g/mol. The summed E-state index contributed by atoms with van der Waals surface area (Å²) in [4.78, 5) is 0.199. The Balaban J connectivity index is 1.86. The first-order valence-corrected chi connectivity index (χ1v) is 8.56. The van der Waals surface area contributed by atoms with Crippen molar-refractivity contribution in [3.05, 3.63) is 65.7 Å². The minimum absolute atomic E-state index is 0.155. The Morgan fingerprint density at radius 3 is 2.39 bits per heavy atom. The van der Waals surface area contributed by atoms with E-state index in [1.807, 2.05) is 44.2 Å². The molecule has 0 aliphatic rings. The Morgan fingerprint density at radius 2 is 1.70 bits per heavy atom. The Morgan fingerprint density at radius 1 is 0.957 bits per heavy atom. The number of hydrogen-bond donors (Lipinski definition) is 1. The van der Waals surface area contributed by atoms with E-state index in [2.05, 4.69) is 9.88 Å². The molecule has 1 aromatic heterocycles. The minimum atomic E-state index is -3.69. The van der Waals surface area contributed by atoms with Gasteiger partial charge in [-0.1, -0.05) is 41.6 Å². The molecule has 3 rings (SSSR count). The van der Waals surface area contributed by atoms with Crippen LogP contribution in [0.3, 0.4) is 0 Å². The Bertz CT molecular complexity index is 931. The lowest BCUT2D eigenvalue weighted by atomic mass is 10.1. The number of nitrogens with one attached hydrogen (secondary N) is 1. The number of anilines is 1. The van der Waals surface area contributed by atoms with Crippen molar-refractivity contribution in [3.63, 3.8) is 0 Å². The number of benzene rings is 2. The summed E-state index contributed by atoms with van der Waals surface area (Å²) >= 11 is 0. The molecule has 0 radical (unpaired) electrons. The maximum Gasteiger partial charge on any atom is 0.263 e. The predicted octanol–water partition coefficient (Wildman–Crippen LogP) is 3.76. The predicted molar refractivity (Wildman–Crippen MR) is 88.7 cm³/mol. The zero-order chi connectivity index (χ0) is 16.4. The summed E-state index contributed by atoms with van der Waals surface area (Å²) in [5.41, 5.74) is 2.78. The summed E-state index contributed by atoms with van der Waals surface area (Å²) in [6, 6.07) is 15.9. The second-order valence-electron chi connectivity index (χ2n) is 5.29. The van der Waals surface area contributed by atoms with Crippen LogP contribution in [-0.4, -0.2) is 13.6 Å². The number of aromatic nitrogens is 1. The number of hydrogen-bond acceptors (Lipinski definition) is 4. The van der Waals surface area contributed by atoms with E-state index >= 15 is 0 Å². The molecule has 0 atom stereocenters. The molecule has 0 unspecified atom stereocenters. The van der Waals surface area contributed by atoms with E-state index in [0.29, 0.717) is 5.76 Å². The Hall–Kier alpha value is -2.60. The first kappa shape index (κ1) is 15.3. The summed E-state index contributed by atoms with van der Waals surface area (Å²) in [5.74, 6) is 0.658. The molecule has 0 bridgehead atoms. The van der Waals surface area contributed by atoms with Gasteiger partial charge in [-0.2, -0.15) is 0 Å². The summed E-state index contributed by atoms with van der Waals surface area (Å²) in [5, 5.41) is 3.78. The third-order valence-electron chi connectivity index (χ3n) is 3.60.